The van der Waals surface area contributed by atoms with Crippen molar-refractivity contribution in [3.63, 3.8) is 0 Å². The second-order valence-electron chi connectivity index (χ2n) is 20.0. The zero-order chi connectivity index (χ0) is 59.8. The number of unbranched alkanes of at least 4 members (excludes halogenated alkanes) is 30. The van der Waals surface area contributed by atoms with E-state index in [4.69, 9.17) is 20.4 Å². The van der Waals surface area contributed by atoms with E-state index < -0.39 is 127 Å². The third-order valence-electron chi connectivity index (χ3n) is 13.7. The minimum atomic E-state index is -5.57. The molecule has 0 bridgehead atoms. The maximum atomic E-state index is 12.2. The van der Waals surface area contributed by atoms with E-state index in [-0.39, 0.29) is 144 Å². The Morgan fingerprint density at radius 2 is 0.463 bits per heavy atom. The first-order chi connectivity index (χ1) is 36.5. The third kappa shape index (κ3) is 40.4. The van der Waals surface area contributed by atoms with Crippen molar-refractivity contribution in [3.8, 4) is 0 Å². The van der Waals surface area contributed by atoms with Gasteiger partial charge in [-0.1, -0.05) is 193 Å². The molecular weight excluding hydrogens is 1160 g/mol. The van der Waals surface area contributed by atoms with Gasteiger partial charge in [0.05, 0.1) is 11.9 Å². The Balaban J connectivity index is -0.000000336. The van der Waals surface area contributed by atoms with Gasteiger partial charge in [-0.15, -0.1) is 0 Å². The Morgan fingerprint density at radius 1 is 0.305 bits per heavy atom. The molecule has 24 nitrogen and oxygen atoms in total. The minimum Gasteiger partial charge on any atom is -0.550 e. The van der Waals surface area contributed by atoms with Crippen LogP contribution in [0.1, 0.15) is 244 Å². The Labute approximate surface area is 571 Å². The number of carboxylic acid groups (broad SMARTS) is 8. The molecule has 0 rings (SSSR count). The van der Waals surface area contributed by atoms with Crippen LogP contribution in [0.25, 0.3) is 0 Å². The molecule has 0 aliphatic rings. The molecule has 0 aliphatic heterocycles. The molecule has 2 unspecified atom stereocenters. The van der Waals surface area contributed by atoms with Crippen molar-refractivity contribution in [3.05, 3.63) is 0 Å². The molecular formula is C52H84Na4O24S2. The van der Waals surface area contributed by atoms with E-state index in [2.05, 4.69) is 0 Å². The van der Waals surface area contributed by atoms with Crippen LogP contribution < -0.4 is 139 Å². The predicted octanol–water partition coefficient (Wildman–Crippen LogP) is -8.23. The fraction of sp³-hybridized carbons (Fsp3) is 0.808. The largest absolute Gasteiger partial charge is 1.00 e. The summed E-state index contributed by atoms with van der Waals surface area (Å²) in [5.41, 5.74) is 0. The molecule has 0 aromatic heterocycles. The number of Topliss-reactive ketones (excluding diaryl/α,β-unsaturated/α-hetero) is 2. The average Bonchev–Trinajstić information content (AvgIpc) is 3.32. The smallest absolute Gasteiger partial charge is 0.550 e. The molecule has 0 saturated carbocycles. The summed E-state index contributed by atoms with van der Waals surface area (Å²) in [5.74, 6) is -19.8. The van der Waals surface area contributed by atoms with Crippen LogP contribution in [0.4, 0.5) is 0 Å². The zero-order valence-electron chi connectivity index (χ0n) is 48.9. The summed E-state index contributed by atoms with van der Waals surface area (Å²) < 4.78 is 57.3. The second-order valence-corrected chi connectivity index (χ2v) is 23.3. The van der Waals surface area contributed by atoms with Crippen molar-refractivity contribution in [2.75, 3.05) is 0 Å². The van der Waals surface area contributed by atoms with E-state index in [9.17, 15) is 94.3 Å². The van der Waals surface area contributed by atoms with Crippen LogP contribution in [0, 0.1) is 11.8 Å². The number of carbonyl (C=O) groups excluding carboxylic acids is 6. The SMILES string of the molecule is O=C([O-])CC(C(=O)[O-])(C(=O)CCCCCCCCCCCCCCCCCCC(C(=O)O)C(=O)O)S(=O)(=O)O.O=C([O-])CC(C(=O)[O-])(C(=O)CCCCCCCCCCCCCCCCCCC(C(=O)O)C(=O)O)S(=O)(=O)O.[Na+].[Na+].[Na+].[Na+]. The fourth-order valence-corrected chi connectivity index (χ4v) is 10.8. The van der Waals surface area contributed by atoms with Gasteiger partial charge in [0.1, 0.15) is 0 Å². The molecule has 0 saturated heterocycles. The molecule has 2 atom stereocenters. The number of carbonyl (C=O) groups is 10. The monoisotopic (exact) mass is 1250 g/mol. The molecule has 0 aromatic rings. The van der Waals surface area contributed by atoms with Gasteiger partial charge in [0.15, 0.2) is 32.9 Å². The first kappa shape index (κ1) is 92.1. The molecule has 0 aliphatic carbocycles. The number of hydrogen-bond donors (Lipinski definition) is 6. The quantitative estimate of drug-likeness (QED) is 0.0143. The summed E-state index contributed by atoms with van der Waals surface area (Å²) in [6.45, 7) is 0. The summed E-state index contributed by atoms with van der Waals surface area (Å²) in [5, 5.41) is 79.5. The van der Waals surface area contributed by atoms with Gasteiger partial charge in [-0.3, -0.25) is 37.9 Å². The number of rotatable bonds is 52. The van der Waals surface area contributed by atoms with Crippen molar-refractivity contribution >= 4 is 79.6 Å². The fourth-order valence-electron chi connectivity index (χ4n) is 8.98. The maximum Gasteiger partial charge on any atom is 1.00 e. The number of carboxylic acids is 8. The molecule has 452 valence electrons. The predicted molar refractivity (Wildman–Crippen MR) is 272 cm³/mol. The van der Waals surface area contributed by atoms with Crippen LogP contribution in [-0.2, 0) is 68.2 Å². The van der Waals surface area contributed by atoms with E-state index in [1.54, 1.807) is 0 Å². The van der Waals surface area contributed by atoms with Gasteiger partial charge < -0.3 is 60.0 Å². The van der Waals surface area contributed by atoms with Crippen molar-refractivity contribution < 1.29 is 233 Å². The molecule has 30 heteroatoms. The summed E-state index contributed by atoms with van der Waals surface area (Å²) in [6.07, 6.45) is 24.9. The van der Waals surface area contributed by atoms with Gasteiger partial charge in [0.25, 0.3) is 20.2 Å². The van der Waals surface area contributed by atoms with Crippen molar-refractivity contribution in [1.29, 1.82) is 0 Å². The van der Waals surface area contributed by atoms with Gasteiger partial charge in [0, 0.05) is 37.6 Å². The van der Waals surface area contributed by atoms with E-state index in [1.807, 2.05) is 0 Å². The Morgan fingerprint density at radius 3 is 0.598 bits per heavy atom. The van der Waals surface area contributed by atoms with E-state index in [0.29, 0.717) is 25.7 Å². The maximum absolute atomic E-state index is 12.2. The van der Waals surface area contributed by atoms with Gasteiger partial charge >= 0.3 is 142 Å². The molecule has 6 N–H and O–H groups in total. The normalized spacial score (nSPS) is 12.5. The van der Waals surface area contributed by atoms with Gasteiger partial charge in [-0.05, 0) is 25.7 Å². The van der Waals surface area contributed by atoms with Crippen LogP contribution in [0.3, 0.4) is 0 Å². The topological polar surface area (TPSA) is 453 Å². The Kier molecular flexibility index (Phi) is 59.5. The molecule has 0 radical (unpaired) electrons. The molecule has 0 amide bonds. The minimum absolute atomic E-state index is 0. The molecule has 0 aromatic carbocycles. The van der Waals surface area contributed by atoms with E-state index in [1.165, 1.54) is 0 Å². The van der Waals surface area contributed by atoms with E-state index >= 15 is 0 Å². The van der Waals surface area contributed by atoms with Crippen molar-refractivity contribution in [2.24, 2.45) is 11.8 Å². The van der Waals surface area contributed by atoms with Crippen molar-refractivity contribution in [2.45, 2.75) is 253 Å². The molecule has 0 fully saturated rings. The average molecular weight is 1250 g/mol. The standard InChI is InChI=1S/2C26H44O12S.4Na/c2*27-21(26(25(34)35,19-22(28)29)39(36,37)38)18-16-14-12-10-8-6-4-2-1-3-5-7-9-11-13-15-17-20(23(30)31)24(32)33;;;;/h2*20H,1-19H2,(H,28,29)(H,30,31)(H,32,33)(H,34,35)(H,36,37,38);;;;/q;;4*+1/p-4. The summed E-state index contributed by atoms with van der Waals surface area (Å²) in [4.78, 5) is 112. The zero-order valence-corrected chi connectivity index (χ0v) is 58.5. The molecule has 0 spiro atoms. The van der Waals surface area contributed by atoms with Crippen LogP contribution in [0.5, 0.6) is 0 Å². The third-order valence-corrected chi connectivity index (χ3v) is 16.6. The summed E-state index contributed by atoms with van der Waals surface area (Å²) in [6, 6.07) is 0. The number of ketones is 2. The van der Waals surface area contributed by atoms with E-state index in [0.717, 1.165) is 167 Å². The van der Waals surface area contributed by atoms with Gasteiger partial charge in [0.2, 0.25) is 0 Å². The van der Waals surface area contributed by atoms with Crippen LogP contribution in [0.15, 0.2) is 0 Å². The molecule has 82 heavy (non-hydrogen) atoms. The van der Waals surface area contributed by atoms with Crippen molar-refractivity contribution in [1.82, 2.24) is 0 Å². The summed E-state index contributed by atoms with van der Waals surface area (Å²) >= 11 is 0. The number of aliphatic carboxylic acids is 8. The summed E-state index contributed by atoms with van der Waals surface area (Å²) in [7, 11) is -11.1. The second kappa shape index (κ2) is 53.0. The van der Waals surface area contributed by atoms with Crippen LogP contribution in [-0.4, -0.2) is 115 Å². The van der Waals surface area contributed by atoms with Crippen LogP contribution in [0.2, 0.25) is 0 Å². The van der Waals surface area contributed by atoms with Gasteiger partial charge in [-0.2, -0.15) is 16.8 Å². The molecule has 0 heterocycles. The first-order valence-corrected chi connectivity index (χ1v) is 30.2. The first-order valence-electron chi connectivity index (χ1n) is 27.3. The van der Waals surface area contributed by atoms with Gasteiger partial charge in [-0.25, -0.2) is 0 Å². The Bertz CT molecular complexity index is 1940. The Hall–Kier alpha value is -1.08. The number of hydrogen-bond acceptors (Lipinski definition) is 18. The van der Waals surface area contributed by atoms with Crippen LogP contribution >= 0.6 is 0 Å².